The zero-order valence-corrected chi connectivity index (χ0v) is 17.9. The second kappa shape index (κ2) is 8.19. The van der Waals surface area contributed by atoms with Gasteiger partial charge in [0.2, 0.25) is 0 Å². The van der Waals surface area contributed by atoms with E-state index in [4.69, 9.17) is 0 Å². The number of nitrogens with one attached hydrogen (secondary N) is 1. The van der Waals surface area contributed by atoms with Crippen LogP contribution in [0.3, 0.4) is 0 Å². The van der Waals surface area contributed by atoms with Gasteiger partial charge in [0.25, 0.3) is 0 Å². The number of thiophene rings is 1. The lowest BCUT2D eigenvalue weighted by Crippen LogP contribution is -2.40. The first-order chi connectivity index (χ1) is 14.6. The van der Waals surface area contributed by atoms with Crippen molar-refractivity contribution in [2.75, 3.05) is 18.4 Å². The molecule has 158 valence electrons. The van der Waals surface area contributed by atoms with Gasteiger partial charge in [-0.3, -0.25) is 4.90 Å². The maximum Gasteiger partial charge on any atom is 0.138 e. The second-order valence-electron chi connectivity index (χ2n) is 8.38. The van der Waals surface area contributed by atoms with Gasteiger partial charge in [-0.1, -0.05) is 6.07 Å². The number of aryl methyl sites for hydroxylation is 2. The summed E-state index contributed by atoms with van der Waals surface area (Å²) >= 11 is 1.81. The second-order valence-corrected chi connectivity index (χ2v) is 9.46. The topological polar surface area (TPSA) is 41.0 Å². The Kier molecular flexibility index (Phi) is 5.41. The van der Waals surface area contributed by atoms with Crippen molar-refractivity contribution in [1.82, 2.24) is 14.9 Å². The van der Waals surface area contributed by atoms with E-state index >= 15 is 0 Å². The Bertz CT molecular complexity index is 1040. The third-order valence-electron chi connectivity index (χ3n) is 6.59. The largest absolute Gasteiger partial charge is 0.367 e. The molecule has 1 N–H and O–H groups in total. The molecule has 1 atom stereocenters. The number of aromatic nitrogens is 2. The molecule has 2 aromatic heterocycles. The maximum absolute atomic E-state index is 14.2. The molecule has 0 spiro atoms. The molecule has 2 aliphatic rings. The van der Waals surface area contributed by atoms with Crippen molar-refractivity contribution in [1.29, 1.82) is 0 Å². The van der Waals surface area contributed by atoms with Crippen LogP contribution in [0.25, 0.3) is 10.2 Å². The molecule has 1 saturated heterocycles. The highest BCUT2D eigenvalue weighted by Crippen LogP contribution is 2.38. The summed E-state index contributed by atoms with van der Waals surface area (Å²) in [5, 5.41) is 4.87. The Hall–Kier alpha value is -2.12. The Morgan fingerprint density at radius 1 is 1.10 bits per heavy atom. The van der Waals surface area contributed by atoms with Crippen molar-refractivity contribution >= 4 is 27.4 Å². The number of benzene rings is 1. The fourth-order valence-electron chi connectivity index (χ4n) is 4.92. The van der Waals surface area contributed by atoms with Gasteiger partial charge in [-0.25, -0.2) is 18.7 Å². The van der Waals surface area contributed by atoms with Crippen LogP contribution in [-0.2, 0) is 12.8 Å². The van der Waals surface area contributed by atoms with Crippen LogP contribution in [0.2, 0.25) is 0 Å². The van der Waals surface area contributed by atoms with Crippen LogP contribution in [0.1, 0.15) is 54.7 Å². The van der Waals surface area contributed by atoms with Crippen LogP contribution in [0.15, 0.2) is 24.5 Å². The molecule has 1 unspecified atom stereocenters. The molecule has 1 aliphatic carbocycles. The zero-order valence-electron chi connectivity index (χ0n) is 17.1. The molecule has 1 aromatic carbocycles. The first kappa shape index (κ1) is 19.8. The maximum atomic E-state index is 14.2. The molecule has 0 saturated carbocycles. The summed E-state index contributed by atoms with van der Waals surface area (Å²) in [5.41, 5.74) is 1.61. The number of nitrogens with zero attached hydrogens (tertiary/aromatic N) is 3. The van der Waals surface area contributed by atoms with Crippen molar-refractivity contribution in [2.45, 2.75) is 57.5 Å². The number of anilines is 1. The molecule has 0 amide bonds. The molecule has 3 heterocycles. The third-order valence-corrected chi connectivity index (χ3v) is 7.79. The van der Waals surface area contributed by atoms with Crippen LogP contribution in [-0.4, -0.2) is 34.0 Å². The van der Waals surface area contributed by atoms with Crippen molar-refractivity contribution in [3.8, 4) is 0 Å². The van der Waals surface area contributed by atoms with E-state index in [9.17, 15) is 8.78 Å². The van der Waals surface area contributed by atoms with Gasteiger partial charge in [0.05, 0.1) is 5.39 Å². The van der Waals surface area contributed by atoms with Crippen molar-refractivity contribution in [3.63, 3.8) is 0 Å². The van der Waals surface area contributed by atoms with E-state index in [0.717, 1.165) is 49.4 Å². The normalized spacial score (nSPS) is 19.0. The fraction of sp³-hybridized carbons (Fsp3) is 0.478. The van der Waals surface area contributed by atoms with Crippen LogP contribution >= 0.6 is 11.3 Å². The molecule has 1 aliphatic heterocycles. The number of hydrogen-bond donors (Lipinski definition) is 1. The van der Waals surface area contributed by atoms with Crippen molar-refractivity contribution in [3.05, 3.63) is 52.2 Å². The molecule has 4 nitrogen and oxygen atoms in total. The zero-order chi connectivity index (χ0) is 20.7. The molecule has 0 radical (unpaired) electrons. The minimum Gasteiger partial charge on any atom is -0.367 e. The molecule has 30 heavy (non-hydrogen) atoms. The minimum atomic E-state index is -0.464. The van der Waals surface area contributed by atoms with Gasteiger partial charge in [0, 0.05) is 35.6 Å². The minimum absolute atomic E-state index is 0.173. The van der Waals surface area contributed by atoms with Crippen molar-refractivity contribution in [2.24, 2.45) is 0 Å². The smallest absolute Gasteiger partial charge is 0.138 e. The SMILES string of the molecule is CC(c1c(F)cccc1F)N1CCC(Nc2ncnc3sc4c(c23)CCCC4)CC1. The Labute approximate surface area is 179 Å². The standard InChI is InChI=1S/C23H26F2N4S/c1-14(20-17(24)6-4-7-18(20)25)29-11-9-15(10-12-29)28-22-21-16-5-2-3-8-19(16)30-23(21)27-13-26-22/h4,6-7,13-15H,2-3,5,8-12H2,1H3,(H,26,27,28). The Balaban J connectivity index is 1.30. The number of piperidine rings is 1. The first-order valence-corrected chi connectivity index (χ1v) is 11.6. The molecule has 7 heteroatoms. The number of fused-ring (bicyclic) bond motifs is 3. The van der Waals surface area contributed by atoms with Gasteiger partial charge < -0.3 is 5.32 Å². The predicted molar refractivity (Wildman–Crippen MR) is 117 cm³/mol. The highest BCUT2D eigenvalue weighted by molar-refractivity contribution is 7.19. The van der Waals surface area contributed by atoms with Crippen molar-refractivity contribution < 1.29 is 8.78 Å². The fourth-order valence-corrected chi connectivity index (χ4v) is 6.15. The summed E-state index contributed by atoms with van der Waals surface area (Å²) in [6.07, 6.45) is 8.24. The molecular formula is C23H26F2N4S. The quantitative estimate of drug-likeness (QED) is 0.597. The lowest BCUT2D eigenvalue weighted by atomic mass is 9.96. The van der Waals surface area contributed by atoms with Gasteiger partial charge in [-0.15, -0.1) is 11.3 Å². The summed E-state index contributed by atoms with van der Waals surface area (Å²) in [6, 6.07) is 4.12. The van der Waals surface area contributed by atoms with E-state index in [1.165, 1.54) is 46.9 Å². The summed E-state index contributed by atoms with van der Waals surface area (Å²) in [5.74, 6) is 0.0211. The Morgan fingerprint density at radius 2 is 1.83 bits per heavy atom. The Morgan fingerprint density at radius 3 is 2.60 bits per heavy atom. The van der Waals surface area contributed by atoms with Crippen LogP contribution in [0.5, 0.6) is 0 Å². The lowest BCUT2D eigenvalue weighted by Gasteiger charge is -2.36. The highest BCUT2D eigenvalue weighted by Gasteiger charge is 2.28. The van der Waals surface area contributed by atoms with Gasteiger partial charge in [0.15, 0.2) is 0 Å². The van der Waals surface area contributed by atoms with Crippen LogP contribution < -0.4 is 5.32 Å². The lowest BCUT2D eigenvalue weighted by molar-refractivity contribution is 0.162. The molecule has 1 fully saturated rings. The first-order valence-electron chi connectivity index (χ1n) is 10.8. The van der Waals surface area contributed by atoms with E-state index in [1.54, 1.807) is 6.33 Å². The number of rotatable bonds is 4. The monoisotopic (exact) mass is 428 g/mol. The third kappa shape index (κ3) is 3.58. The molecule has 5 rings (SSSR count). The van der Waals surface area contributed by atoms with E-state index in [-0.39, 0.29) is 11.6 Å². The van der Waals surface area contributed by atoms with E-state index < -0.39 is 11.6 Å². The predicted octanol–water partition coefficient (Wildman–Crippen LogP) is 5.49. The van der Waals surface area contributed by atoms with Gasteiger partial charge in [-0.2, -0.15) is 0 Å². The van der Waals surface area contributed by atoms with Gasteiger partial charge in [-0.05, 0) is 63.1 Å². The van der Waals surface area contributed by atoms with Gasteiger partial charge in [0.1, 0.15) is 28.6 Å². The molecule has 0 bridgehead atoms. The molecule has 3 aromatic rings. The summed E-state index contributed by atoms with van der Waals surface area (Å²) in [4.78, 5) is 13.8. The van der Waals surface area contributed by atoms with E-state index in [1.807, 2.05) is 18.3 Å². The average molecular weight is 429 g/mol. The van der Waals surface area contributed by atoms with Gasteiger partial charge >= 0.3 is 0 Å². The highest BCUT2D eigenvalue weighted by atomic mass is 32.1. The summed E-state index contributed by atoms with van der Waals surface area (Å²) in [6.45, 7) is 3.48. The van der Waals surface area contributed by atoms with E-state index in [0.29, 0.717) is 6.04 Å². The number of halogens is 2. The summed E-state index contributed by atoms with van der Waals surface area (Å²) < 4.78 is 28.4. The number of hydrogen-bond acceptors (Lipinski definition) is 5. The molecular weight excluding hydrogens is 402 g/mol. The summed E-state index contributed by atoms with van der Waals surface area (Å²) in [7, 11) is 0. The van der Waals surface area contributed by atoms with Crippen LogP contribution in [0.4, 0.5) is 14.6 Å². The van der Waals surface area contributed by atoms with E-state index in [2.05, 4.69) is 20.2 Å². The number of likely N-dealkylation sites (tertiary alicyclic amines) is 1. The average Bonchev–Trinajstić information content (AvgIpc) is 3.14. The van der Waals surface area contributed by atoms with Crippen LogP contribution in [0, 0.1) is 11.6 Å².